The van der Waals surface area contributed by atoms with Crippen LogP contribution in [0.1, 0.15) is 78.7 Å². The highest BCUT2D eigenvalue weighted by Gasteiger charge is 2.70. The molecule has 0 spiro atoms. The van der Waals surface area contributed by atoms with Crippen molar-refractivity contribution in [3.63, 3.8) is 0 Å². The summed E-state index contributed by atoms with van der Waals surface area (Å²) in [6, 6.07) is 6.97. The van der Waals surface area contributed by atoms with Crippen LogP contribution < -0.4 is 21.7 Å². The Labute approximate surface area is 254 Å². The maximum Gasteiger partial charge on any atom is 0.315 e. The number of primary amides is 1. The number of likely N-dealkylation sites (tertiary alicyclic amines) is 1. The van der Waals surface area contributed by atoms with Gasteiger partial charge in [-0.25, -0.2) is 4.79 Å². The molecule has 5 rings (SSSR count). The van der Waals surface area contributed by atoms with Crippen LogP contribution in [0.4, 0.5) is 4.79 Å². The van der Waals surface area contributed by atoms with E-state index in [2.05, 4.69) is 41.9 Å². The van der Waals surface area contributed by atoms with Gasteiger partial charge >= 0.3 is 6.03 Å². The maximum absolute atomic E-state index is 14.2. The molecule has 1 aliphatic heterocycles. The maximum atomic E-state index is 14.2. The van der Waals surface area contributed by atoms with Crippen molar-refractivity contribution in [3.8, 4) is 0 Å². The van der Waals surface area contributed by atoms with Crippen LogP contribution in [0.2, 0.25) is 0 Å². The Bertz CT molecular complexity index is 1280. The second-order valence-corrected chi connectivity index (χ2v) is 15.1. The van der Waals surface area contributed by atoms with Gasteiger partial charge in [-0.1, -0.05) is 77.8 Å². The molecule has 1 aromatic rings. The van der Waals surface area contributed by atoms with Gasteiger partial charge in [-0.15, -0.1) is 0 Å². The number of amides is 5. The molecule has 1 saturated heterocycles. The highest BCUT2D eigenvalue weighted by Crippen LogP contribution is 2.65. The first kappa shape index (κ1) is 31.0. The monoisotopic (exact) mass is 593 g/mol. The van der Waals surface area contributed by atoms with Gasteiger partial charge in [0.15, 0.2) is 0 Å². The number of carbonyl (C=O) groups excluding carboxylic acids is 5. The predicted molar refractivity (Wildman–Crippen MR) is 161 cm³/mol. The van der Waals surface area contributed by atoms with E-state index >= 15 is 0 Å². The van der Waals surface area contributed by atoms with E-state index in [1.807, 2.05) is 39.0 Å². The molecule has 4 fully saturated rings. The molecule has 5 N–H and O–H groups in total. The van der Waals surface area contributed by atoms with E-state index in [1.54, 1.807) is 4.90 Å². The number of hydrogen-bond donors (Lipinski definition) is 4. The van der Waals surface area contributed by atoms with Gasteiger partial charge in [0.1, 0.15) is 12.1 Å². The van der Waals surface area contributed by atoms with Gasteiger partial charge in [-0.05, 0) is 66.3 Å². The topological polar surface area (TPSA) is 151 Å². The SMILES string of the molecule is CC(C)(C)[C@H](NC(=O)NC1(Cc2ccccc2)CCC1)C(=O)N1CC2[C@@H]([C@H]1C(=O)NC(CC1CC1)C(=O)C(N)=O)C2(C)C. The molecule has 10 nitrogen and oxygen atoms in total. The number of nitrogens with one attached hydrogen (secondary N) is 3. The fourth-order valence-corrected chi connectivity index (χ4v) is 7.32. The first-order chi connectivity index (χ1) is 20.1. The molecule has 1 aromatic carbocycles. The molecule has 1 heterocycles. The second kappa shape index (κ2) is 11.2. The molecule has 4 aliphatic rings. The number of hydrogen-bond acceptors (Lipinski definition) is 5. The Morgan fingerprint density at radius 2 is 1.67 bits per heavy atom. The smallest absolute Gasteiger partial charge is 0.315 e. The molecule has 5 amide bonds. The molecule has 0 aromatic heterocycles. The Balaban J connectivity index is 1.31. The lowest BCUT2D eigenvalue weighted by Gasteiger charge is -2.44. The fourth-order valence-electron chi connectivity index (χ4n) is 7.32. The number of benzene rings is 1. The number of fused-ring (bicyclic) bond motifs is 1. The van der Waals surface area contributed by atoms with E-state index in [-0.39, 0.29) is 34.6 Å². The van der Waals surface area contributed by atoms with Crippen LogP contribution in [0.5, 0.6) is 0 Å². The number of piperidine rings is 1. The van der Waals surface area contributed by atoms with E-state index in [0.717, 1.165) is 37.7 Å². The van der Waals surface area contributed by atoms with E-state index in [1.165, 1.54) is 0 Å². The average Bonchev–Trinajstić information content (AvgIpc) is 3.76. The van der Waals surface area contributed by atoms with Crippen molar-refractivity contribution in [3.05, 3.63) is 35.9 Å². The second-order valence-electron chi connectivity index (χ2n) is 15.1. The van der Waals surface area contributed by atoms with E-state index < -0.39 is 47.2 Å². The van der Waals surface area contributed by atoms with Gasteiger partial charge in [-0.2, -0.15) is 0 Å². The standard InChI is InChI=1S/C33H47N5O5/c1-31(2,3)26(36-30(43)37-33(14-9-15-33)17-20-10-7-6-8-11-20)29(42)38-18-21-23(32(21,4)5)24(38)28(41)35-22(16-19-12-13-19)25(39)27(34)40/h6-8,10-11,19,21-24,26H,9,12-18H2,1-5H3,(H2,34,40)(H,35,41)(H2,36,37,43)/t21?,22?,23-,24-,26+/m0/s1. The Morgan fingerprint density at radius 1 is 1.02 bits per heavy atom. The molecule has 3 saturated carbocycles. The van der Waals surface area contributed by atoms with Crippen LogP contribution in [-0.4, -0.2) is 64.6 Å². The Morgan fingerprint density at radius 3 is 2.21 bits per heavy atom. The minimum atomic E-state index is -1.07. The quantitative estimate of drug-likeness (QED) is 0.291. The van der Waals surface area contributed by atoms with Crippen LogP contribution in [-0.2, 0) is 25.6 Å². The lowest BCUT2D eigenvalue weighted by molar-refractivity contribution is -0.145. The molecule has 3 aliphatic carbocycles. The Kier molecular flexibility index (Phi) is 8.11. The van der Waals surface area contributed by atoms with Crippen molar-refractivity contribution in [1.29, 1.82) is 0 Å². The lowest BCUT2D eigenvalue weighted by Crippen LogP contribution is -2.64. The van der Waals surface area contributed by atoms with Crippen LogP contribution >= 0.6 is 0 Å². The van der Waals surface area contributed by atoms with Crippen LogP contribution in [0.15, 0.2) is 30.3 Å². The molecule has 2 unspecified atom stereocenters. The summed E-state index contributed by atoms with van der Waals surface area (Å²) in [5.41, 5.74) is 5.31. The number of Topliss-reactive ketones (excluding diaryl/α,β-unsaturated/α-hetero) is 1. The van der Waals surface area contributed by atoms with Crippen molar-refractivity contribution in [2.45, 2.75) is 103 Å². The summed E-state index contributed by atoms with van der Waals surface area (Å²) >= 11 is 0. The number of urea groups is 1. The number of ketones is 1. The minimum absolute atomic E-state index is 0.0831. The van der Waals surface area contributed by atoms with Crippen molar-refractivity contribution in [2.75, 3.05) is 6.54 Å². The summed E-state index contributed by atoms with van der Waals surface area (Å²) in [5, 5.41) is 8.95. The molecular formula is C33H47N5O5. The van der Waals surface area contributed by atoms with Gasteiger partial charge in [-0.3, -0.25) is 19.2 Å². The van der Waals surface area contributed by atoms with Gasteiger partial charge in [0.2, 0.25) is 17.6 Å². The van der Waals surface area contributed by atoms with Gasteiger partial charge in [0, 0.05) is 12.1 Å². The molecular weight excluding hydrogens is 546 g/mol. The van der Waals surface area contributed by atoms with Gasteiger partial charge < -0.3 is 26.6 Å². The zero-order chi connectivity index (χ0) is 31.3. The highest BCUT2D eigenvalue weighted by atomic mass is 16.2. The fraction of sp³-hybridized carbons (Fsp3) is 0.667. The first-order valence-corrected chi connectivity index (χ1v) is 15.7. The average molecular weight is 594 g/mol. The van der Waals surface area contributed by atoms with Crippen LogP contribution in [0, 0.1) is 28.6 Å². The summed E-state index contributed by atoms with van der Waals surface area (Å²) in [4.78, 5) is 67.4. The number of nitrogens with two attached hydrogens (primary N) is 1. The van der Waals surface area contributed by atoms with Gasteiger partial charge in [0.05, 0.1) is 6.04 Å². The van der Waals surface area contributed by atoms with Crippen molar-refractivity contribution >= 4 is 29.5 Å². The number of nitrogens with zero attached hydrogens (tertiary/aromatic N) is 1. The van der Waals surface area contributed by atoms with E-state index in [0.29, 0.717) is 19.4 Å². The molecule has 10 heteroatoms. The third-order valence-corrected chi connectivity index (χ3v) is 10.4. The molecule has 234 valence electrons. The summed E-state index contributed by atoms with van der Waals surface area (Å²) in [6.07, 6.45) is 5.72. The van der Waals surface area contributed by atoms with E-state index in [9.17, 15) is 24.0 Å². The normalized spacial score (nSPS) is 26.3. The zero-order valence-corrected chi connectivity index (χ0v) is 26.1. The third kappa shape index (κ3) is 6.43. The minimum Gasteiger partial charge on any atom is -0.363 e. The molecule has 5 atom stereocenters. The van der Waals surface area contributed by atoms with Crippen molar-refractivity contribution < 1.29 is 24.0 Å². The predicted octanol–water partition coefficient (Wildman–Crippen LogP) is 2.69. The Hall–Kier alpha value is -3.43. The number of rotatable bonds is 11. The largest absolute Gasteiger partial charge is 0.363 e. The lowest BCUT2D eigenvalue weighted by atomic mass is 9.73. The highest BCUT2D eigenvalue weighted by molar-refractivity contribution is 6.37. The zero-order valence-electron chi connectivity index (χ0n) is 26.1. The molecule has 43 heavy (non-hydrogen) atoms. The third-order valence-electron chi connectivity index (χ3n) is 10.4. The first-order valence-electron chi connectivity index (χ1n) is 15.7. The molecule has 0 bridgehead atoms. The van der Waals surface area contributed by atoms with Crippen LogP contribution in [0.25, 0.3) is 0 Å². The summed E-state index contributed by atoms with van der Waals surface area (Å²) < 4.78 is 0. The molecule has 0 radical (unpaired) electrons. The van der Waals surface area contributed by atoms with Crippen molar-refractivity contribution in [2.24, 2.45) is 34.3 Å². The van der Waals surface area contributed by atoms with Gasteiger partial charge in [0.25, 0.3) is 5.91 Å². The summed E-state index contributed by atoms with van der Waals surface area (Å²) in [6.45, 7) is 10.2. The number of carbonyl (C=O) groups is 5. The summed E-state index contributed by atoms with van der Waals surface area (Å²) in [7, 11) is 0. The van der Waals surface area contributed by atoms with Crippen molar-refractivity contribution in [1.82, 2.24) is 20.9 Å². The van der Waals surface area contributed by atoms with Crippen LogP contribution in [0.3, 0.4) is 0 Å². The van der Waals surface area contributed by atoms with E-state index in [4.69, 9.17) is 5.73 Å². The summed E-state index contributed by atoms with van der Waals surface area (Å²) in [5.74, 6) is -2.34.